The first-order valence-corrected chi connectivity index (χ1v) is 8.34. The molecule has 0 saturated carbocycles. The minimum Gasteiger partial charge on any atom is -0.313 e. The summed E-state index contributed by atoms with van der Waals surface area (Å²) in [5.41, 5.74) is 0.483. The average molecular weight is 266 g/mol. The van der Waals surface area contributed by atoms with Crippen LogP contribution in [0.4, 0.5) is 0 Å². The monoisotopic (exact) mass is 266 g/mol. The SMILES string of the molecule is CC(C)C(C)CN1CC(CC(C)(C)C2CCCN2)C1. The standard InChI is InChI=1S/C17H34N2/c1-13(2)14(3)10-19-11-15(12-19)9-17(4,5)16-7-6-8-18-16/h13-16,18H,6-12H2,1-5H3. The molecule has 2 nitrogen and oxygen atoms in total. The smallest absolute Gasteiger partial charge is 0.0119 e. The lowest BCUT2D eigenvalue weighted by molar-refractivity contribution is 0.0397. The van der Waals surface area contributed by atoms with Gasteiger partial charge < -0.3 is 10.2 Å². The Morgan fingerprint density at radius 1 is 1.21 bits per heavy atom. The summed E-state index contributed by atoms with van der Waals surface area (Å²) in [6.45, 7) is 17.2. The molecular formula is C17H34N2. The summed E-state index contributed by atoms with van der Waals surface area (Å²) in [6, 6.07) is 0.760. The van der Waals surface area contributed by atoms with E-state index in [2.05, 4.69) is 44.8 Å². The molecule has 0 bridgehead atoms. The fraction of sp³-hybridized carbons (Fsp3) is 1.00. The van der Waals surface area contributed by atoms with Crippen molar-refractivity contribution < 1.29 is 0 Å². The predicted molar refractivity (Wildman–Crippen MR) is 83.4 cm³/mol. The second kappa shape index (κ2) is 6.13. The first-order chi connectivity index (χ1) is 8.88. The molecule has 0 amide bonds. The van der Waals surface area contributed by atoms with Gasteiger partial charge in [0.15, 0.2) is 0 Å². The third kappa shape index (κ3) is 3.95. The van der Waals surface area contributed by atoms with Crippen LogP contribution in [-0.4, -0.2) is 37.1 Å². The molecule has 1 N–H and O–H groups in total. The highest BCUT2D eigenvalue weighted by molar-refractivity contribution is 4.93. The van der Waals surface area contributed by atoms with E-state index >= 15 is 0 Å². The van der Waals surface area contributed by atoms with Crippen LogP contribution < -0.4 is 5.32 Å². The first-order valence-electron chi connectivity index (χ1n) is 8.34. The molecule has 2 fully saturated rings. The van der Waals surface area contributed by atoms with E-state index in [1.807, 2.05) is 0 Å². The van der Waals surface area contributed by atoms with Gasteiger partial charge in [-0.2, -0.15) is 0 Å². The molecule has 2 aliphatic heterocycles. The van der Waals surface area contributed by atoms with Gasteiger partial charge in [-0.15, -0.1) is 0 Å². The van der Waals surface area contributed by atoms with Gasteiger partial charge >= 0.3 is 0 Å². The van der Waals surface area contributed by atoms with E-state index in [0.717, 1.165) is 23.8 Å². The molecule has 2 saturated heterocycles. The minimum absolute atomic E-state index is 0.483. The number of rotatable bonds is 6. The van der Waals surface area contributed by atoms with Crippen molar-refractivity contribution in [2.24, 2.45) is 23.2 Å². The molecule has 19 heavy (non-hydrogen) atoms. The third-order valence-electron chi connectivity index (χ3n) is 5.54. The molecule has 0 aliphatic carbocycles. The van der Waals surface area contributed by atoms with Crippen molar-refractivity contribution in [3.05, 3.63) is 0 Å². The summed E-state index contributed by atoms with van der Waals surface area (Å²) in [5, 5.41) is 3.70. The zero-order valence-electron chi connectivity index (χ0n) is 13.7. The normalized spacial score (nSPS) is 27.8. The number of nitrogens with one attached hydrogen (secondary N) is 1. The molecule has 2 rings (SSSR count). The molecule has 0 aromatic rings. The van der Waals surface area contributed by atoms with Crippen molar-refractivity contribution in [2.75, 3.05) is 26.2 Å². The highest BCUT2D eigenvalue weighted by Crippen LogP contribution is 2.36. The van der Waals surface area contributed by atoms with Crippen LogP contribution in [0.15, 0.2) is 0 Å². The first kappa shape index (κ1) is 15.3. The lowest BCUT2D eigenvalue weighted by Gasteiger charge is -2.45. The van der Waals surface area contributed by atoms with Gasteiger partial charge in [0.2, 0.25) is 0 Å². The van der Waals surface area contributed by atoms with Crippen molar-refractivity contribution in [3.63, 3.8) is 0 Å². The zero-order chi connectivity index (χ0) is 14.0. The van der Waals surface area contributed by atoms with E-state index in [9.17, 15) is 0 Å². The molecule has 2 unspecified atom stereocenters. The molecule has 2 atom stereocenters. The average Bonchev–Trinajstić information content (AvgIpc) is 2.79. The van der Waals surface area contributed by atoms with Crippen LogP contribution in [0.3, 0.4) is 0 Å². The molecular weight excluding hydrogens is 232 g/mol. The Labute approximate surface area is 120 Å². The number of hydrogen-bond donors (Lipinski definition) is 1. The Hall–Kier alpha value is -0.0800. The topological polar surface area (TPSA) is 15.3 Å². The summed E-state index contributed by atoms with van der Waals surface area (Å²) in [4.78, 5) is 2.66. The van der Waals surface area contributed by atoms with Gasteiger partial charge in [-0.25, -0.2) is 0 Å². The lowest BCUT2D eigenvalue weighted by Crippen LogP contribution is -2.51. The fourth-order valence-electron chi connectivity index (χ4n) is 3.81. The summed E-state index contributed by atoms with van der Waals surface area (Å²) in [5.74, 6) is 2.60. The quantitative estimate of drug-likeness (QED) is 0.793. The molecule has 2 heteroatoms. The van der Waals surface area contributed by atoms with Crippen molar-refractivity contribution >= 4 is 0 Å². The van der Waals surface area contributed by atoms with E-state index in [0.29, 0.717) is 5.41 Å². The highest BCUT2D eigenvalue weighted by atomic mass is 15.2. The van der Waals surface area contributed by atoms with E-state index in [4.69, 9.17) is 0 Å². The summed E-state index contributed by atoms with van der Waals surface area (Å²) < 4.78 is 0. The molecule has 112 valence electrons. The molecule has 0 radical (unpaired) electrons. The Kier molecular flexibility index (Phi) is 4.94. The summed E-state index contributed by atoms with van der Waals surface area (Å²) in [7, 11) is 0. The minimum atomic E-state index is 0.483. The molecule has 0 spiro atoms. The van der Waals surface area contributed by atoms with Crippen LogP contribution in [0, 0.1) is 23.2 Å². The maximum atomic E-state index is 3.70. The Bertz CT molecular complexity index is 273. The van der Waals surface area contributed by atoms with Gasteiger partial charge in [-0.05, 0) is 49.0 Å². The van der Waals surface area contributed by atoms with Crippen molar-refractivity contribution in [1.82, 2.24) is 10.2 Å². The van der Waals surface area contributed by atoms with Gasteiger partial charge in [0, 0.05) is 25.7 Å². The van der Waals surface area contributed by atoms with Crippen LogP contribution in [0.25, 0.3) is 0 Å². The van der Waals surface area contributed by atoms with Crippen LogP contribution in [0.2, 0.25) is 0 Å². The highest BCUT2D eigenvalue weighted by Gasteiger charge is 2.37. The lowest BCUT2D eigenvalue weighted by atomic mass is 9.74. The van der Waals surface area contributed by atoms with E-state index in [1.165, 1.54) is 45.4 Å². The Balaban J connectivity index is 1.69. The van der Waals surface area contributed by atoms with Gasteiger partial charge in [0.25, 0.3) is 0 Å². The summed E-state index contributed by atoms with van der Waals surface area (Å²) >= 11 is 0. The predicted octanol–water partition coefficient (Wildman–Crippen LogP) is 3.38. The summed E-state index contributed by atoms with van der Waals surface area (Å²) in [6.07, 6.45) is 4.15. The van der Waals surface area contributed by atoms with Crippen LogP contribution >= 0.6 is 0 Å². The number of nitrogens with zero attached hydrogens (tertiary/aromatic N) is 1. The van der Waals surface area contributed by atoms with E-state index in [-0.39, 0.29) is 0 Å². The van der Waals surface area contributed by atoms with Crippen LogP contribution in [0.1, 0.15) is 53.9 Å². The van der Waals surface area contributed by atoms with Gasteiger partial charge in [0.1, 0.15) is 0 Å². The maximum absolute atomic E-state index is 3.70. The zero-order valence-corrected chi connectivity index (χ0v) is 13.7. The van der Waals surface area contributed by atoms with Crippen LogP contribution in [0.5, 0.6) is 0 Å². The molecule has 0 aromatic carbocycles. The fourth-order valence-corrected chi connectivity index (χ4v) is 3.81. The Morgan fingerprint density at radius 2 is 1.89 bits per heavy atom. The van der Waals surface area contributed by atoms with E-state index < -0.39 is 0 Å². The second-order valence-corrected chi connectivity index (χ2v) is 8.15. The number of likely N-dealkylation sites (tertiary alicyclic amines) is 1. The maximum Gasteiger partial charge on any atom is 0.0119 e. The molecule has 2 aliphatic rings. The van der Waals surface area contributed by atoms with E-state index in [1.54, 1.807) is 0 Å². The molecule has 2 heterocycles. The van der Waals surface area contributed by atoms with Gasteiger partial charge in [-0.3, -0.25) is 0 Å². The number of hydrogen-bond acceptors (Lipinski definition) is 2. The van der Waals surface area contributed by atoms with Gasteiger partial charge in [0.05, 0.1) is 0 Å². The largest absolute Gasteiger partial charge is 0.313 e. The third-order valence-corrected chi connectivity index (χ3v) is 5.54. The van der Waals surface area contributed by atoms with Crippen molar-refractivity contribution in [3.8, 4) is 0 Å². The van der Waals surface area contributed by atoms with Crippen molar-refractivity contribution in [1.29, 1.82) is 0 Å². The van der Waals surface area contributed by atoms with Gasteiger partial charge in [-0.1, -0.05) is 34.6 Å². The Morgan fingerprint density at radius 3 is 2.42 bits per heavy atom. The van der Waals surface area contributed by atoms with Crippen molar-refractivity contribution in [2.45, 2.75) is 59.9 Å². The van der Waals surface area contributed by atoms with Crippen LogP contribution in [-0.2, 0) is 0 Å². The molecule has 0 aromatic heterocycles. The second-order valence-electron chi connectivity index (χ2n) is 8.15.